The lowest BCUT2D eigenvalue weighted by Crippen LogP contribution is -2.10. The van der Waals surface area contributed by atoms with Crippen molar-refractivity contribution in [3.05, 3.63) is 45.3 Å². The summed E-state index contributed by atoms with van der Waals surface area (Å²) in [6.45, 7) is 0. The van der Waals surface area contributed by atoms with Gasteiger partial charge >= 0.3 is 0 Å². The first-order valence-electron chi connectivity index (χ1n) is 4.18. The average molecular weight is 267 g/mol. The highest BCUT2D eigenvalue weighted by Crippen LogP contribution is 2.17. The quantitative estimate of drug-likeness (QED) is 0.868. The van der Waals surface area contributed by atoms with Crippen LogP contribution in [0.25, 0.3) is 0 Å². The largest absolute Gasteiger partial charge is 0.324 e. The van der Waals surface area contributed by atoms with E-state index in [9.17, 15) is 4.79 Å². The second-order valence-corrected chi connectivity index (χ2v) is 3.73. The fourth-order valence-electron chi connectivity index (χ4n) is 1.07. The Labute approximate surface area is 93.7 Å². The molecule has 0 spiro atoms. The zero-order valence-corrected chi connectivity index (χ0v) is 9.15. The lowest BCUT2D eigenvalue weighted by atomic mass is 10.3. The maximum Gasteiger partial charge on any atom is 0.271 e. The van der Waals surface area contributed by atoms with Crippen LogP contribution in [-0.4, -0.2) is 15.2 Å². The summed E-state index contributed by atoms with van der Waals surface area (Å²) in [6.07, 6.45) is 1.12. The van der Waals surface area contributed by atoms with Crippen molar-refractivity contribution in [1.29, 1.82) is 0 Å². The molecule has 0 unspecified atom stereocenters. The van der Waals surface area contributed by atoms with Gasteiger partial charge in [0.25, 0.3) is 5.56 Å². The molecule has 1 heterocycles. The van der Waals surface area contributed by atoms with Crippen LogP contribution in [0.1, 0.15) is 0 Å². The van der Waals surface area contributed by atoms with E-state index in [0.29, 0.717) is 5.95 Å². The maximum atomic E-state index is 10.9. The van der Waals surface area contributed by atoms with E-state index in [2.05, 4.69) is 36.4 Å². The molecule has 1 aromatic heterocycles. The predicted molar refractivity (Wildman–Crippen MR) is 60.1 cm³/mol. The summed E-state index contributed by atoms with van der Waals surface area (Å²) in [6, 6.07) is 7.51. The molecule has 1 aromatic carbocycles. The molecule has 0 saturated heterocycles. The highest BCUT2D eigenvalue weighted by molar-refractivity contribution is 9.10. The van der Waals surface area contributed by atoms with Gasteiger partial charge in [0.1, 0.15) is 6.20 Å². The molecule has 5 nitrogen and oxygen atoms in total. The number of nitrogens with one attached hydrogen (secondary N) is 2. The minimum absolute atomic E-state index is 0.289. The number of hydrogen-bond donors (Lipinski definition) is 2. The summed E-state index contributed by atoms with van der Waals surface area (Å²) in [5.41, 5.74) is 0.531. The molecule has 2 aromatic rings. The zero-order valence-electron chi connectivity index (χ0n) is 7.57. The molecule has 0 fully saturated rings. The number of anilines is 2. The minimum atomic E-state index is -0.289. The molecule has 76 valence electrons. The number of benzene rings is 1. The molecule has 2 N–H and O–H groups in total. The van der Waals surface area contributed by atoms with Crippen molar-refractivity contribution in [1.82, 2.24) is 15.2 Å². The Hall–Kier alpha value is -1.69. The topological polar surface area (TPSA) is 70.7 Å². The van der Waals surface area contributed by atoms with Gasteiger partial charge in [-0.05, 0) is 18.2 Å². The van der Waals surface area contributed by atoms with E-state index in [1.807, 2.05) is 24.3 Å². The van der Waals surface area contributed by atoms with E-state index in [1.165, 1.54) is 0 Å². The Balaban J connectivity index is 2.26. The fourth-order valence-corrected chi connectivity index (χ4v) is 1.47. The number of aromatic amines is 1. The minimum Gasteiger partial charge on any atom is -0.324 e. The van der Waals surface area contributed by atoms with E-state index >= 15 is 0 Å². The standard InChI is InChI=1S/C9H7BrN4O/c10-6-2-1-3-7(4-6)12-9-13-8(15)5-11-14-9/h1-5H,(H2,12,13,14,15). The van der Waals surface area contributed by atoms with Gasteiger partial charge in [-0.2, -0.15) is 0 Å². The van der Waals surface area contributed by atoms with Gasteiger partial charge in [-0.3, -0.25) is 9.78 Å². The van der Waals surface area contributed by atoms with E-state index in [-0.39, 0.29) is 5.56 Å². The van der Waals surface area contributed by atoms with Crippen LogP contribution in [0.3, 0.4) is 0 Å². The lowest BCUT2D eigenvalue weighted by Gasteiger charge is -2.03. The molecule has 0 bridgehead atoms. The number of aromatic nitrogens is 3. The second kappa shape index (κ2) is 4.22. The molecule has 0 amide bonds. The van der Waals surface area contributed by atoms with Gasteiger partial charge in [-0.15, -0.1) is 10.2 Å². The maximum absolute atomic E-state index is 10.9. The first-order chi connectivity index (χ1) is 7.24. The molecule has 2 rings (SSSR count). The molecule has 0 aliphatic carbocycles. The second-order valence-electron chi connectivity index (χ2n) is 2.82. The van der Waals surface area contributed by atoms with Crippen molar-refractivity contribution < 1.29 is 0 Å². The highest BCUT2D eigenvalue weighted by atomic mass is 79.9. The van der Waals surface area contributed by atoms with Crippen LogP contribution in [0.2, 0.25) is 0 Å². The highest BCUT2D eigenvalue weighted by Gasteiger charge is 1.97. The number of H-pyrrole nitrogens is 1. The Bertz CT molecular complexity index is 525. The van der Waals surface area contributed by atoms with Crippen LogP contribution in [-0.2, 0) is 0 Å². The molecule has 15 heavy (non-hydrogen) atoms. The normalized spacial score (nSPS) is 9.93. The van der Waals surface area contributed by atoms with Crippen molar-refractivity contribution in [2.24, 2.45) is 0 Å². The van der Waals surface area contributed by atoms with E-state index < -0.39 is 0 Å². The first kappa shape index (κ1) is 9.85. The Morgan fingerprint density at radius 1 is 1.40 bits per heavy atom. The van der Waals surface area contributed by atoms with Gasteiger partial charge < -0.3 is 5.32 Å². The van der Waals surface area contributed by atoms with Crippen LogP contribution >= 0.6 is 15.9 Å². The van der Waals surface area contributed by atoms with Crippen molar-refractivity contribution in [3.8, 4) is 0 Å². The monoisotopic (exact) mass is 266 g/mol. The molecule has 0 aliphatic heterocycles. The number of rotatable bonds is 2. The SMILES string of the molecule is O=c1cnnc(Nc2cccc(Br)c2)[nH]1. The third-order valence-corrected chi connectivity index (χ3v) is 2.15. The van der Waals surface area contributed by atoms with Crippen LogP contribution in [0.5, 0.6) is 0 Å². The van der Waals surface area contributed by atoms with Crippen LogP contribution in [0.4, 0.5) is 11.6 Å². The molecule has 6 heteroatoms. The number of hydrogen-bond acceptors (Lipinski definition) is 4. The fraction of sp³-hybridized carbons (Fsp3) is 0. The van der Waals surface area contributed by atoms with Crippen LogP contribution < -0.4 is 10.9 Å². The smallest absolute Gasteiger partial charge is 0.271 e. The summed E-state index contributed by atoms with van der Waals surface area (Å²) in [5, 5.41) is 10.2. The third-order valence-electron chi connectivity index (χ3n) is 1.66. The van der Waals surface area contributed by atoms with E-state index in [1.54, 1.807) is 0 Å². The van der Waals surface area contributed by atoms with Gasteiger partial charge in [-0.25, -0.2) is 0 Å². The van der Waals surface area contributed by atoms with Gasteiger partial charge in [-0.1, -0.05) is 22.0 Å². The Morgan fingerprint density at radius 3 is 3.00 bits per heavy atom. The predicted octanol–water partition coefficient (Wildman–Crippen LogP) is 1.67. The molecule has 0 saturated carbocycles. The van der Waals surface area contributed by atoms with Crippen molar-refractivity contribution >= 4 is 27.6 Å². The summed E-state index contributed by atoms with van der Waals surface area (Å²) in [4.78, 5) is 13.5. The zero-order chi connectivity index (χ0) is 10.7. The average Bonchev–Trinajstić information content (AvgIpc) is 2.17. The first-order valence-corrected chi connectivity index (χ1v) is 4.98. The van der Waals surface area contributed by atoms with Gasteiger partial charge in [0.05, 0.1) is 0 Å². The lowest BCUT2D eigenvalue weighted by molar-refractivity contribution is 0.953. The third kappa shape index (κ3) is 2.63. The molecule has 0 radical (unpaired) electrons. The van der Waals surface area contributed by atoms with Crippen molar-refractivity contribution in [2.45, 2.75) is 0 Å². The van der Waals surface area contributed by atoms with Gasteiger partial charge in [0.15, 0.2) is 0 Å². The summed E-state index contributed by atoms with van der Waals surface area (Å²) in [7, 11) is 0. The number of halogens is 1. The summed E-state index contributed by atoms with van der Waals surface area (Å²) < 4.78 is 0.943. The molecular formula is C9H7BrN4O. The molecule has 0 atom stereocenters. The summed E-state index contributed by atoms with van der Waals surface area (Å²) >= 11 is 3.34. The van der Waals surface area contributed by atoms with Gasteiger partial charge in [0.2, 0.25) is 5.95 Å². The van der Waals surface area contributed by atoms with Crippen molar-refractivity contribution in [2.75, 3.05) is 5.32 Å². The Kier molecular flexibility index (Phi) is 2.77. The van der Waals surface area contributed by atoms with Crippen LogP contribution in [0.15, 0.2) is 39.7 Å². The van der Waals surface area contributed by atoms with E-state index in [4.69, 9.17) is 0 Å². The summed E-state index contributed by atoms with van der Waals surface area (Å²) in [5.74, 6) is 0.320. The molecular weight excluding hydrogens is 260 g/mol. The number of nitrogens with zero attached hydrogens (tertiary/aromatic N) is 2. The van der Waals surface area contributed by atoms with Crippen molar-refractivity contribution in [3.63, 3.8) is 0 Å². The van der Waals surface area contributed by atoms with E-state index in [0.717, 1.165) is 16.4 Å². The molecule has 0 aliphatic rings. The van der Waals surface area contributed by atoms with Gasteiger partial charge in [0, 0.05) is 10.2 Å². The van der Waals surface area contributed by atoms with Crippen LogP contribution in [0, 0.1) is 0 Å². The Morgan fingerprint density at radius 2 is 2.27 bits per heavy atom.